The second kappa shape index (κ2) is 6.89. The highest BCUT2D eigenvalue weighted by Crippen LogP contribution is 2.24. The third kappa shape index (κ3) is 4.12. The number of carbonyl (C=O) groups excluding carboxylic acids is 1. The molecular weight excluding hydrogens is 200 g/mol. The molecule has 0 bridgehead atoms. The highest BCUT2D eigenvalue weighted by molar-refractivity contribution is 5.76. The van der Waals surface area contributed by atoms with E-state index in [1.54, 1.807) is 0 Å². The van der Waals surface area contributed by atoms with Gasteiger partial charge in [-0.05, 0) is 38.1 Å². The van der Waals surface area contributed by atoms with Crippen LogP contribution in [0, 0.1) is 11.8 Å². The molecule has 1 fully saturated rings. The van der Waals surface area contributed by atoms with E-state index in [0.29, 0.717) is 12.3 Å². The van der Waals surface area contributed by atoms with Gasteiger partial charge in [0.2, 0.25) is 5.91 Å². The van der Waals surface area contributed by atoms with Crippen LogP contribution in [0.15, 0.2) is 0 Å². The van der Waals surface area contributed by atoms with Gasteiger partial charge in [0.25, 0.3) is 0 Å². The van der Waals surface area contributed by atoms with Crippen LogP contribution < -0.4 is 5.32 Å². The monoisotopic (exact) mass is 226 g/mol. The molecule has 0 spiro atoms. The van der Waals surface area contributed by atoms with Gasteiger partial charge in [-0.1, -0.05) is 13.8 Å². The van der Waals surface area contributed by atoms with E-state index in [0.717, 1.165) is 31.5 Å². The summed E-state index contributed by atoms with van der Waals surface area (Å²) in [5, 5.41) is 3.03. The Balaban J connectivity index is 2.37. The van der Waals surface area contributed by atoms with Crippen molar-refractivity contribution in [2.45, 2.75) is 39.5 Å². The van der Waals surface area contributed by atoms with E-state index in [4.69, 9.17) is 0 Å². The fraction of sp³-hybridized carbons (Fsp3) is 0.923. The van der Waals surface area contributed by atoms with Gasteiger partial charge in [-0.15, -0.1) is 0 Å². The predicted octanol–water partition coefficient (Wildman–Crippen LogP) is 1.88. The average molecular weight is 226 g/mol. The lowest BCUT2D eigenvalue weighted by Gasteiger charge is -2.21. The molecule has 0 aromatic heterocycles. The number of carbonyl (C=O) groups is 1. The molecule has 1 aliphatic heterocycles. The minimum atomic E-state index is 0.318. The number of nitrogens with one attached hydrogen (secondary N) is 1. The molecule has 0 radical (unpaired) electrons. The van der Waals surface area contributed by atoms with Gasteiger partial charge in [-0.2, -0.15) is 0 Å². The summed E-state index contributed by atoms with van der Waals surface area (Å²) < 4.78 is 0. The van der Waals surface area contributed by atoms with Gasteiger partial charge in [0.05, 0.1) is 0 Å². The maximum absolute atomic E-state index is 11.9. The van der Waals surface area contributed by atoms with Crippen molar-refractivity contribution >= 4 is 5.91 Å². The number of nitrogens with zero attached hydrogens (tertiary/aromatic N) is 1. The van der Waals surface area contributed by atoms with E-state index in [9.17, 15) is 4.79 Å². The van der Waals surface area contributed by atoms with E-state index in [1.807, 2.05) is 7.05 Å². The third-order valence-electron chi connectivity index (χ3n) is 3.66. The first-order valence-electron chi connectivity index (χ1n) is 6.57. The van der Waals surface area contributed by atoms with Gasteiger partial charge in [-0.25, -0.2) is 0 Å². The molecule has 1 unspecified atom stereocenters. The van der Waals surface area contributed by atoms with Crippen LogP contribution >= 0.6 is 0 Å². The Morgan fingerprint density at radius 2 is 2.12 bits per heavy atom. The van der Waals surface area contributed by atoms with Gasteiger partial charge in [0.15, 0.2) is 0 Å². The summed E-state index contributed by atoms with van der Waals surface area (Å²) in [5.41, 5.74) is 0. The van der Waals surface area contributed by atoms with E-state index in [1.165, 1.54) is 19.3 Å². The zero-order chi connectivity index (χ0) is 12.0. The van der Waals surface area contributed by atoms with Crippen molar-refractivity contribution in [3.63, 3.8) is 0 Å². The molecule has 0 aromatic rings. The molecule has 1 heterocycles. The van der Waals surface area contributed by atoms with Crippen LogP contribution in [-0.4, -0.2) is 37.5 Å². The van der Waals surface area contributed by atoms with Crippen LogP contribution in [0.2, 0.25) is 0 Å². The van der Waals surface area contributed by atoms with Crippen molar-refractivity contribution in [1.82, 2.24) is 10.2 Å². The van der Waals surface area contributed by atoms with Crippen LogP contribution in [0.5, 0.6) is 0 Å². The standard InChI is InChI=1S/C13H26N2O/c1-11(2)12-5-4-9-15(10-7-12)13(16)6-8-14-3/h11-12,14H,4-10H2,1-3H3. The molecule has 3 nitrogen and oxygen atoms in total. The lowest BCUT2D eigenvalue weighted by atomic mass is 9.89. The van der Waals surface area contributed by atoms with E-state index in [-0.39, 0.29) is 0 Å². The van der Waals surface area contributed by atoms with Crippen molar-refractivity contribution < 1.29 is 4.79 Å². The molecule has 1 aliphatic rings. The lowest BCUT2D eigenvalue weighted by Crippen LogP contribution is -2.33. The van der Waals surface area contributed by atoms with Crippen LogP contribution in [0.3, 0.4) is 0 Å². The van der Waals surface area contributed by atoms with Crippen molar-refractivity contribution in [2.24, 2.45) is 11.8 Å². The van der Waals surface area contributed by atoms with Crippen molar-refractivity contribution in [2.75, 3.05) is 26.7 Å². The van der Waals surface area contributed by atoms with Crippen molar-refractivity contribution in [1.29, 1.82) is 0 Å². The SMILES string of the molecule is CNCCC(=O)N1CCCC(C(C)C)CC1. The van der Waals surface area contributed by atoms with E-state index in [2.05, 4.69) is 24.1 Å². The van der Waals surface area contributed by atoms with Crippen molar-refractivity contribution in [3.8, 4) is 0 Å². The molecule has 0 aromatic carbocycles. The minimum absolute atomic E-state index is 0.318. The largest absolute Gasteiger partial charge is 0.343 e. The molecule has 16 heavy (non-hydrogen) atoms. The Kier molecular flexibility index (Phi) is 5.81. The fourth-order valence-corrected chi connectivity index (χ4v) is 2.43. The smallest absolute Gasteiger partial charge is 0.223 e. The summed E-state index contributed by atoms with van der Waals surface area (Å²) in [5.74, 6) is 1.88. The van der Waals surface area contributed by atoms with Gasteiger partial charge in [0, 0.05) is 26.1 Å². The zero-order valence-electron chi connectivity index (χ0n) is 11.0. The van der Waals surface area contributed by atoms with Gasteiger partial charge in [-0.3, -0.25) is 4.79 Å². The molecule has 1 saturated heterocycles. The first-order valence-corrected chi connectivity index (χ1v) is 6.57. The average Bonchev–Trinajstić information content (AvgIpc) is 2.51. The van der Waals surface area contributed by atoms with Crippen LogP contribution in [0.4, 0.5) is 0 Å². The van der Waals surface area contributed by atoms with Crippen molar-refractivity contribution in [3.05, 3.63) is 0 Å². The summed E-state index contributed by atoms with van der Waals surface area (Å²) >= 11 is 0. The Morgan fingerprint density at radius 3 is 2.75 bits per heavy atom. The molecular formula is C13H26N2O. The van der Waals surface area contributed by atoms with Crippen LogP contribution in [-0.2, 0) is 4.79 Å². The maximum Gasteiger partial charge on any atom is 0.223 e. The molecule has 0 saturated carbocycles. The molecule has 94 valence electrons. The summed E-state index contributed by atoms with van der Waals surface area (Å²) in [7, 11) is 1.89. The molecule has 1 atom stereocenters. The Labute approximate surface area is 99.6 Å². The van der Waals surface area contributed by atoms with Gasteiger partial charge in [0.1, 0.15) is 0 Å². The summed E-state index contributed by atoms with van der Waals surface area (Å²) in [6, 6.07) is 0. The van der Waals surface area contributed by atoms with E-state index < -0.39 is 0 Å². The summed E-state index contributed by atoms with van der Waals surface area (Å²) in [4.78, 5) is 13.9. The quantitative estimate of drug-likeness (QED) is 0.794. The second-order valence-electron chi connectivity index (χ2n) is 5.17. The fourth-order valence-electron chi connectivity index (χ4n) is 2.43. The Bertz CT molecular complexity index is 216. The number of likely N-dealkylation sites (tertiary alicyclic amines) is 1. The molecule has 1 amide bonds. The third-order valence-corrected chi connectivity index (χ3v) is 3.66. The lowest BCUT2D eigenvalue weighted by molar-refractivity contribution is -0.131. The first kappa shape index (κ1) is 13.5. The Hall–Kier alpha value is -0.570. The number of rotatable bonds is 4. The second-order valence-corrected chi connectivity index (χ2v) is 5.17. The van der Waals surface area contributed by atoms with E-state index >= 15 is 0 Å². The molecule has 1 rings (SSSR count). The number of amides is 1. The van der Waals surface area contributed by atoms with Gasteiger partial charge < -0.3 is 10.2 Å². The topological polar surface area (TPSA) is 32.3 Å². The summed E-state index contributed by atoms with van der Waals surface area (Å²) in [6.45, 7) is 7.31. The number of hydrogen-bond acceptors (Lipinski definition) is 2. The maximum atomic E-state index is 11.9. The van der Waals surface area contributed by atoms with Crippen LogP contribution in [0.1, 0.15) is 39.5 Å². The zero-order valence-corrected chi connectivity index (χ0v) is 11.0. The molecule has 3 heteroatoms. The first-order chi connectivity index (χ1) is 7.65. The normalized spacial score (nSPS) is 22.2. The number of hydrogen-bond donors (Lipinski definition) is 1. The molecule has 1 N–H and O–H groups in total. The van der Waals surface area contributed by atoms with Crippen LogP contribution in [0.25, 0.3) is 0 Å². The minimum Gasteiger partial charge on any atom is -0.343 e. The highest BCUT2D eigenvalue weighted by atomic mass is 16.2. The summed E-state index contributed by atoms with van der Waals surface area (Å²) in [6.07, 6.45) is 4.29. The highest BCUT2D eigenvalue weighted by Gasteiger charge is 2.21. The predicted molar refractivity (Wildman–Crippen MR) is 67.3 cm³/mol. The Morgan fingerprint density at radius 1 is 1.38 bits per heavy atom. The van der Waals surface area contributed by atoms with Gasteiger partial charge >= 0.3 is 0 Å². The molecule has 0 aliphatic carbocycles.